The van der Waals surface area contributed by atoms with Gasteiger partial charge in [0.15, 0.2) is 0 Å². The smallest absolute Gasteiger partial charge is 0.253 e. The van der Waals surface area contributed by atoms with E-state index in [1.165, 1.54) is 10.9 Å². The summed E-state index contributed by atoms with van der Waals surface area (Å²) in [6.45, 7) is 2.07. The van der Waals surface area contributed by atoms with E-state index >= 15 is 0 Å². The summed E-state index contributed by atoms with van der Waals surface area (Å²) in [4.78, 5) is 11.4. The summed E-state index contributed by atoms with van der Waals surface area (Å²) in [7, 11) is 0. The average Bonchev–Trinajstić information content (AvgIpc) is 2.76. The van der Waals surface area contributed by atoms with Gasteiger partial charge in [-0.05, 0) is 46.8 Å². The highest BCUT2D eigenvalue weighted by molar-refractivity contribution is 7.18. The number of carbonyl (C=O) groups excluding carboxylic acids is 1. The quantitative estimate of drug-likeness (QED) is 0.578. The van der Waals surface area contributed by atoms with Crippen LogP contribution in [0.5, 0.6) is 0 Å². The van der Waals surface area contributed by atoms with E-state index in [1.54, 1.807) is 11.3 Å². The van der Waals surface area contributed by atoms with E-state index in [0.29, 0.717) is 5.56 Å². The fourth-order valence-corrected chi connectivity index (χ4v) is 3.26. The molecule has 3 heteroatoms. The molecule has 0 aliphatic rings. The van der Waals surface area contributed by atoms with E-state index in [9.17, 15) is 4.79 Å². The molecule has 0 unspecified atom stereocenters. The summed E-state index contributed by atoms with van der Waals surface area (Å²) >= 11 is 7.20. The van der Waals surface area contributed by atoms with Crippen molar-refractivity contribution < 1.29 is 4.79 Å². The van der Waals surface area contributed by atoms with Crippen molar-refractivity contribution in [1.29, 1.82) is 0 Å². The first-order valence-electron chi connectivity index (χ1n) is 5.27. The lowest BCUT2D eigenvalue weighted by molar-refractivity contribution is 0.108. The SMILES string of the molecule is Cc1ccc2cc(C(=O)Cl)c3sccc3c2c1. The van der Waals surface area contributed by atoms with E-state index < -0.39 is 0 Å². The lowest BCUT2D eigenvalue weighted by Crippen LogP contribution is -1.89. The van der Waals surface area contributed by atoms with Crippen LogP contribution in [0, 0.1) is 6.92 Å². The van der Waals surface area contributed by atoms with Gasteiger partial charge in [0.1, 0.15) is 0 Å². The van der Waals surface area contributed by atoms with Gasteiger partial charge in [-0.1, -0.05) is 23.8 Å². The molecule has 17 heavy (non-hydrogen) atoms. The monoisotopic (exact) mass is 260 g/mol. The molecule has 3 aromatic rings. The van der Waals surface area contributed by atoms with E-state index in [-0.39, 0.29) is 5.24 Å². The summed E-state index contributed by atoms with van der Waals surface area (Å²) in [5, 5.41) is 4.96. The van der Waals surface area contributed by atoms with Gasteiger partial charge in [0.25, 0.3) is 5.24 Å². The molecule has 0 aliphatic carbocycles. The Morgan fingerprint density at radius 1 is 1.18 bits per heavy atom. The molecule has 0 atom stereocenters. The first kappa shape index (κ1) is 10.8. The number of carbonyl (C=O) groups is 1. The Morgan fingerprint density at radius 2 is 2.00 bits per heavy atom. The highest BCUT2D eigenvalue weighted by Crippen LogP contribution is 2.33. The predicted molar refractivity (Wildman–Crippen MR) is 74.3 cm³/mol. The third-order valence-corrected chi connectivity index (χ3v) is 4.07. The molecule has 0 aliphatic heterocycles. The van der Waals surface area contributed by atoms with Crippen LogP contribution in [0.1, 0.15) is 15.9 Å². The number of aryl methyl sites for hydroxylation is 1. The van der Waals surface area contributed by atoms with Gasteiger partial charge in [-0.15, -0.1) is 11.3 Å². The van der Waals surface area contributed by atoms with Crippen molar-refractivity contribution >= 4 is 49.0 Å². The maximum atomic E-state index is 11.4. The van der Waals surface area contributed by atoms with Crippen LogP contribution in [0.25, 0.3) is 20.9 Å². The Hall–Kier alpha value is -1.38. The molecular formula is C14H9ClOS. The van der Waals surface area contributed by atoms with Gasteiger partial charge in [-0.25, -0.2) is 0 Å². The zero-order chi connectivity index (χ0) is 12.0. The molecule has 0 saturated heterocycles. The third kappa shape index (κ3) is 1.65. The second-order valence-electron chi connectivity index (χ2n) is 4.09. The second kappa shape index (κ2) is 3.83. The van der Waals surface area contributed by atoms with Crippen molar-refractivity contribution in [2.45, 2.75) is 6.92 Å². The van der Waals surface area contributed by atoms with Crippen LogP contribution in [0.2, 0.25) is 0 Å². The van der Waals surface area contributed by atoms with Crippen LogP contribution < -0.4 is 0 Å². The van der Waals surface area contributed by atoms with Crippen molar-refractivity contribution in [2.75, 3.05) is 0 Å². The lowest BCUT2D eigenvalue weighted by atomic mass is 10.0. The number of hydrogen-bond acceptors (Lipinski definition) is 2. The number of fused-ring (bicyclic) bond motifs is 3. The molecule has 2 aromatic carbocycles. The minimum absolute atomic E-state index is 0.389. The zero-order valence-electron chi connectivity index (χ0n) is 9.16. The van der Waals surface area contributed by atoms with Crippen molar-refractivity contribution in [3.05, 3.63) is 46.8 Å². The number of rotatable bonds is 1. The minimum atomic E-state index is -0.389. The molecule has 3 rings (SSSR count). The van der Waals surface area contributed by atoms with E-state index in [4.69, 9.17) is 11.6 Å². The topological polar surface area (TPSA) is 17.1 Å². The molecule has 84 valence electrons. The summed E-state index contributed by atoms with van der Waals surface area (Å²) in [6.07, 6.45) is 0. The van der Waals surface area contributed by atoms with Crippen molar-refractivity contribution in [2.24, 2.45) is 0 Å². The van der Waals surface area contributed by atoms with Gasteiger partial charge in [0.05, 0.1) is 5.56 Å². The van der Waals surface area contributed by atoms with Gasteiger partial charge >= 0.3 is 0 Å². The number of halogens is 1. The Kier molecular flexibility index (Phi) is 2.42. The van der Waals surface area contributed by atoms with Crippen molar-refractivity contribution in [3.8, 4) is 0 Å². The van der Waals surface area contributed by atoms with Gasteiger partial charge < -0.3 is 0 Å². The standard InChI is InChI=1S/C14H9ClOS/c1-8-2-3-9-7-12(14(15)16)13-10(4-5-17-13)11(9)6-8/h2-7H,1H3. The van der Waals surface area contributed by atoms with Crippen LogP contribution in [-0.2, 0) is 0 Å². The zero-order valence-corrected chi connectivity index (χ0v) is 10.7. The maximum absolute atomic E-state index is 11.4. The molecule has 1 aromatic heterocycles. The highest BCUT2D eigenvalue weighted by atomic mass is 35.5. The van der Waals surface area contributed by atoms with Gasteiger partial charge in [0.2, 0.25) is 0 Å². The first-order chi connectivity index (χ1) is 8.16. The van der Waals surface area contributed by atoms with E-state index in [0.717, 1.165) is 15.5 Å². The Bertz CT molecular complexity index is 742. The van der Waals surface area contributed by atoms with Crippen molar-refractivity contribution in [1.82, 2.24) is 0 Å². The molecular weight excluding hydrogens is 252 g/mol. The van der Waals surface area contributed by atoms with Crippen molar-refractivity contribution in [3.63, 3.8) is 0 Å². The molecule has 0 amide bonds. The average molecular weight is 261 g/mol. The number of benzene rings is 2. The molecule has 0 fully saturated rings. The van der Waals surface area contributed by atoms with E-state index in [2.05, 4.69) is 13.0 Å². The summed E-state index contributed by atoms with van der Waals surface area (Å²) < 4.78 is 0.975. The lowest BCUT2D eigenvalue weighted by Gasteiger charge is -2.04. The summed E-state index contributed by atoms with van der Waals surface area (Å²) in [5.74, 6) is 0. The Labute approximate surface area is 108 Å². The maximum Gasteiger partial charge on any atom is 0.253 e. The van der Waals surface area contributed by atoms with Crippen LogP contribution in [-0.4, -0.2) is 5.24 Å². The first-order valence-corrected chi connectivity index (χ1v) is 6.53. The molecule has 0 saturated carbocycles. The molecule has 1 nitrogen and oxygen atoms in total. The molecule has 1 heterocycles. The summed E-state index contributed by atoms with van der Waals surface area (Å²) in [6, 6.07) is 10.1. The van der Waals surface area contributed by atoms with Crippen LogP contribution in [0.3, 0.4) is 0 Å². The highest BCUT2D eigenvalue weighted by Gasteiger charge is 2.12. The summed E-state index contributed by atoms with van der Waals surface area (Å²) in [5.41, 5.74) is 1.82. The van der Waals surface area contributed by atoms with Crippen LogP contribution >= 0.6 is 22.9 Å². The molecule has 0 radical (unpaired) electrons. The van der Waals surface area contributed by atoms with Gasteiger partial charge in [0, 0.05) is 10.1 Å². The second-order valence-corrected chi connectivity index (χ2v) is 5.35. The predicted octanol–water partition coefficient (Wildman–Crippen LogP) is 4.74. The number of hydrogen-bond donors (Lipinski definition) is 0. The van der Waals surface area contributed by atoms with Gasteiger partial charge in [-0.2, -0.15) is 0 Å². The third-order valence-electron chi connectivity index (χ3n) is 2.92. The molecule has 0 N–H and O–H groups in total. The largest absolute Gasteiger partial charge is 0.276 e. The van der Waals surface area contributed by atoms with Crippen LogP contribution in [0.4, 0.5) is 0 Å². The van der Waals surface area contributed by atoms with Gasteiger partial charge in [-0.3, -0.25) is 4.79 Å². The minimum Gasteiger partial charge on any atom is -0.276 e. The molecule has 0 bridgehead atoms. The normalized spacial score (nSPS) is 11.2. The fourth-order valence-electron chi connectivity index (χ4n) is 2.13. The fraction of sp³-hybridized carbons (Fsp3) is 0.0714. The number of thiophene rings is 1. The molecule has 0 spiro atoms. The Balaban J connectivity index is 2.55. The van der Waals surface area contributed by atoms with E-state index in [1.807, 2.05) is 29.6 Å². The van der Waals surface area contributed by atoms with Crippen LogP contribution in [0.15, 0.2) is 35.7 Å². The Morgan fingerprint density at radius 3 is 2.76 bits per heavy atom.